The SMILES string of the molecule is COC(=O)[C@H]1C(=O)NC(SCC(=O)Nc2ccc(Cl)c(C(F)(F)F)c2)=C(C#N)[C@H]1c1ccc(C)cc1. The van der Waals surface area contributed by atoms with E-state index in [0.717, 1.165) is 30.5 Å². The summed E-state index contributed by atoms with van der Waals surface area (Å²) in [6.45, 7) is 1.86. The first kappa shape index (κ1) is 27.1. The Labute approximate surface area is 213 Å². The number of benzene rings is 2. The molecular weight excluding hydrogens is 519 g/mol. The van der Waals surface area contributed by atoms with Crippen LogP contribution >= 0.6 is 23.4 Å². The van der Waals surface area contributed by atoms with Gasteiger partial charge in [0.15, 0.2) is 0 Å². The molecule has 0 bridgehead atoms. The molecule has 2 N–H and O–H groups in total. The highest BCUT2D eigenvalue weighted by molar-refractivity contribution is 8.03. The molecule has 7 nitrogen and oxygen atoms in total. The number of ether oxygens (including phenoxy) is 1. The van der Waals surface area contributed by atoms with Gasteiger partial charge < -0.3 is 15.4 Å². The lowest BCUT2D eigenvalue weighted by molar-refractivity contribution is -0.150. The van der Waals surface area contributed by atoms with Crippen LogP contribution in [0.5, 0.6) is 0 Å². The standard InChI is InChI=1S/C24H19ClF3N3O4S/c1-12-3-5-13(6-4-12)19-15(10-29)22(31-21(33)20(19)23(34)35-2)36-11-18(32)30-14-7-8-17(25)16(9-14)24(26,27)28/h3-9,19-20H,11H2,1-2H3,(H,30,32)(H,31,33)/t19-,20-/m1/s1. The maximum atomic E-state index is 13.1. The number of hydrogen-bond acceptors (Lipinski definition) is 6. The molecular formula is C24H19ClF3N3O4S. The second kappa shape index (κ2) is 11.1. The molecule has 2 aromatic rings. The van der Waals surface area contributed by atoms with Crippen LogP contribution in [-0.4, -0.2) is 30.6 Å². The van der Waals surface area contributed by atoms with Gasteiger partial charge in [-0.3, -0.25) is 14.4 Å². The zero-order chi connectivity index (χ0) is 26.6. The molecule has 1 heterocycles. The molecule has 0 saturated carbocycles. The molecule has 0 saturated heterocycles. The summed E-state index contributed by atoms with van der Waals surface area (Å²) >= 11 is 6.41. The Morgan fingerprint density at radius 1 is 1.22 bits per heavy atom. The van der Waals surface area contributed by atoms with E-state index in [4.69, 9.17) is 16.3 Å². The third-order valence-electron chi connectivity index (χ3n) is 5.32. The highest BCUT2D eigenvalue weighted by atomic mass is 35.5. The maximum absolute atomic E-state index is 13.1. The molecule has 1 aliphatic rings. The number of hydrogen-bond donors (Lipinski definition) is 2. The Morgan fingerprint density at radius 3 is 2.47 bits per heavy atom. The van der Waals surface area contributed by atoms with E-state index in [1.807, 2.05) is 13.0 Å². The zero-order valence-corrected chi connectivity index (χ0v) is 20.5. The molecule has 188 valence electrons. The molecule has 12 heteroatoms. The number of anilines is 1. The number of nitriles is 1. The zero-order valence-electron chi connectivity index (χ0n) is 18.9. The van der Waals surface area contributed by atoms with Crippen LogP contribution < -0.4 is 10.6 Å². The number of carbonyl (C=O) groups excluding carboxylic acids is 3. The molecule has 0 aromatic heterocycles. The van der Waals surface area contributed by atoms with Crippen LogP contribution in [0, 0.1) is 24.2 Å². The van der Waals surface area contributed by atoms with Crippen molar-refractivity contribution in [3.05, 3.63) is 74.8 Å². The van der Waals surface area contributed by atoms with E-state index in [2.05, 4.69) is 10.6 Å². The summed E-state index contributed by atoms with van der Waals surface area (Å²) in [5.41, 5.74) is 0.294. The average molecular weight is 538 g/mol. The molecule has 0 fully saturated rings. The Kier molecular flexibility index (Phi) is 8.32. The minimum Gasteiger partial charge on any atom is -0.468 e. The predicted octanol–water partition coefficient (Wildman–Crippen LogP) is 4.78. The van der Waals surface area contributed by atoms with E-state index in [9.17, 15) is 32.8 Å². The van der Waals surface area contributed by atoms with Crippen molar-refractivity contribution in [2.75, 3.05) is 18.2 Å². The van der Waals surface area contributed by atoms with Gasteiger partial charge in [-0.25, -0.2) is 0 Å². The van der Waals surface area contributed by atoms with Crippen molar-refractivity contribution < 1.29 is 32.3 Å². The van der Waals surface area contributed by atoms with E-state index in [-0.39, 0.29) is 22.0 Å². The first-order chi connectivity index (χ1) is 17.0. The van der Waals surface area contributed by atoms with Crippen molar-refractivity contribution in [1.82, 2.24) is 5.32 Å². The van der Waals surface area contributed by atoms with E-state index >= 15 is 0 Å². The maximum Gasteiger partial charge on any atom is 0.417 e. The van der Waals surface area contributed by atoms with Gasteiger partial charge in [0.2, 0.25) is 11.8 Å². The smallest absolute Gasteiger partial charge is 0.417 e. The fraction of sp³-hybridized carbons (Fsp3) is 0.250. The number of amides is 2. The fourth-order valence-electron chi connectivity index (χ4n) is 3.61. The van der Waals surface area contributed by atoms with Gasteiger partial charge in [-0.1, -0.05) is 53.2 Å². The topological polar surface area (TPSA) is 108 Å². The molecule has 1 aliphatic heterocycles. The number of alkyl halides is 3. The minimum absolute atomic E-state index is 0.0532. The second-order valence-electron chi connectivity index (χ2n) is 7.76. The van der Waals surface area contributed by atoms with E-state index in [1.165, 1.54) is 6.07 Å². The normalized spacial score (nSPS) is 17.8. The summed E-state index contributed by atoms with van der Waals surface area (Å²) in [6, 6.07) is 11.9. The monoisotopic (exact) mass is 537 g/mol. The third-order valence-corrected chi connectivity index (χ3v) is 6.67. The van der Waals surface area contributed by atoms with E-state index in [0.29, 0.717) is 11.6 Å². The Hall–Kier alpha value is -3.49. The summed E-state index contributed by atoms with van der Waals surface area (Å²) in [5, 5.41) is 14.3. The molecule has 0 spiro atoms. The molecule has 0 radical (unpaired) electrons. The Bertz CT molecular complexity index is 1270. The number of nitrogens with one attached hydrogen (secondary N) is 2. The van der Waals surface area contributed by atoms with Gasteiger partial charge in [-0.2, -0.15) is 18.4 Å². The quantitative estimate of drug-likeness (QED) is 0.406. The van der Waals surface area contributed by atoms with Crippen molar-refractivity contribution in [1.29, 1.82) is 5.26 Å². The Morgan fingerprint density at radius 2 is 1.89 bits per heavy atom. The average Bonchev–Trinajstić information content (AvgIpc) is 2.82. The van der Waals surface area contributed by atoms with Gasteiger partial charge in [0, 0.05) is 11.6 Å². The number of aryl methyl sites for hydroxylation is 1. The van der Waals surface area contributed by atoms with Crippen LogP contribution in [0.2, 0.25) is 5.02 Å². The van der Waals surface area contributed by atoms with Gasteiger partial charge in [0.25, 0.3) is 0 Å². The lowest BCUT2D eigenvalue weighted by Gasteiger charge is -2.31. The summed E-state index contributed by atoms with van der Waals surface area (Å²) < 4.78 is 44.0. The summed E-state index contributed by atoms with van der Waals surface area (Å²) in [5.74, 6) is -4.82. The van der Waals surface area contributed by atoms with Gasteiger partial charge in [-0.15, -0.1) is 0 Å². The first-order valence-corrected chi connectivity index (χ1v) is 11.7. The number of allylic oxidation sites excluding steroid dienone is 1. The highest BCUT2D eigenvalue weighted by Crippen LogP contribution is 2.40. The first-order valence-electron chi connectivity index (χ1n) is 10.3. The van der Waals surface area contributed by atoms with Crippen LogP contribution in [-0.2, 0) is 25.3 Å². The second-order valence-corrected chi connectivity index (χ2v) is 9.16. The van der Waals surface area contributed by atoms with Crippen LogP contribution in [0.1, 0.15) is 22.6 Å². The molecule has 2 aromatic carbocycles. The van der Waals surface area contributed by atoms with Crippen molar-refractivity contribution in [2.24, 2.45) is 5.92 Å². The summed E-state index contributed by atoms with van der Waals surface area (Å²) in [6.07, 6.45) is -4.70. The lowest BCUT2D eigenvalue weighted by atomic mass is 9.78. The van der Waals surface area contributed by atoms with Crippen LogP contribution in [0.25, 0.3) is 0 Å². The lowest BCUT2D eigenvalue weighted by Crippen LogP contribution is -2.44. The van der Waals surface area contributed by atoms with Crippen molar-refractivity contribution in [2.45, 2.75) is 19.0 Å². The number of esters is 1. The number of carbonyl (C=O) groups is 3. The fourth-order valence-corrected chi connectivity index (χ4v) is 4.68. The number of nitrogens with zero attached hydrogens (tertiary/aromatic N) is 1. The molecule has 0 unspecified atom stereocenters. The third kappa shape index (κ3) is 6.01. The molecule has 36 heavy (non-hydrogen) atoms. The highest BCUT2D eigenvalue weighted by Gasteiger charge is 2.44. The molecule has 2 amide bonds. The van der Waals surface area contributed by atoms with Gasteiger partial charge in [0.1, 0.15) is 5.92 Å². The number of rotatable bonds is 6. The van der Waals surface area contributed by atoms with E-state index < -0.39 is 46.4 Å². The van der Waals surface area contributed by atoms with Crippen molar-refractivity contribution >= 4 is 46.8 Å². The summed E-state index contributed by atoms with van der Waals surface area (Å²) in [4.78, 5) is 37.7. The molecule has 2 atom stereocenters. The predicted molar refractivity (Wildman–Crippen MR) is 128 cm³/mol. The molecule has 0 aliphatic carbocycles. The van der Waals surface area contributed by atoms with Gasteiger partial charge >= 0.3 is 12.1 Å². The summed E-state index contributed by atoms with van der Waals surface area (Å²) in [7, 11) is 1.13. The Balaban J connectivity index is 1.86. The number of thioether (sulfide) groups is 1. The van der Waals surface area contributed by atoms with E-state index in [1.54, 1.807) is 24.3 Å². The molecule has 3 rings (SSSR count). The number of methoxy groups -OCH3 is 1. The largest absolute Gasteiger partial charge is 0.468 e. The van der Waals surface area contributed by atoms with Gasteiger partial charge in [-0.05, 0) is 30.7 Å². The van der Waals surface area contributed by atoms with Crippen molar-refractivity contribution in [3.63, 3.8) is 0 Å². The minimum atomic E-state index is -4.70. The number of halogens is 4. The van der Waals surface area contributed by atoms with Crippen LogP contribution in [0.4, 0.5) is 18.9 Å². The van der Waals surface area contributed by atoms with Crippen molar-refractivity contribution in [3.8, 4) is 6.07 Å². The van der Waals surface area contributed by atoms with Crippen LogP contribution in [0.3, 0.4) is 0 Å². The van der Waals surface area contributed by atoms with Gasteiger partial charge in [0.05, 0.1) is 40.1 Å². The van der Waals surface area contributed by atoms with Crippen LogP contribution in [0.15, 0.2) is 53.1 Å².